The normalized spacial score (nSPS) is 13.1. The van der Waals surface area contributed by atoms with Gasteiger partial charge in [-0.15, -0.1) is 11.3 Å². The Labute approximate surface area is 126 Å². The van der Waals surface area contributed by atoms with Gasteiger partial charge in [0.05, 0.1) is 5.56 Å². The minimum Gasteiger partial charge on any atom is -0.448 e. The maximum atomic E-state index is 12.2. The summed E-state index contributed by atoms with van der Waals surface area (Å²) in [4.78, 5) is 16.6. The summed E-state index contributed by atoms with van der Waals surface area (Å²) < 4.78 is 31.9. The molecule has 0 atom stereocenters. The average molecular weight is 329 g/mol. The Morgan fingerprint density at radius 1 is 1.43 bits per heavy atom. The van der Waals surface area contributed by atoms with Crippen molar-refractivity contribution < 1.29 is 17.6 Å². The fourth-order valence-corrected chi connectivity index (χ4v) is 3.14. The molecule has 0 aliphatic carbocycles. The molecule has 21 heavy (non-hydrogen) atoms. The van der Waals surface area contributed by atoms with Gasteiger partial charge in [0.15, 0.2) is 4.80 Å². The number of carbonyl (C=O) groups excluding carboxylic acids is 1. The molecule has 0 saturated heterocycles. The van der Waals surface area contributed by atoms with Crippen LogP contribution in [-0.2, 0) is 17.1 Å². The van der Waals surface area contributed by atoms with Crippen LogP contribution in [0.5, 0.6) is 0 Å². The van der Waals surface area contributed by atoms with E-state index in [1.165, 1.54) is 38.4 Å². The third kappa shape index (κ3) is 2.99. The number of nitrogens with zero attached hydrogens (tertiary/aromatic N) is 3. The molecule has 0 unspecified atom stereocenters. The molecule has 7 nitrogen and oxygen atoms in total. The van der Waals surface area contributed by atoms with Gasteiger partial charge in [0.1, 0.15) is 5.76 Å². The number of furan rings is 1. The van der Waals surface area contributed by atoms with E-state index in [0.29, 0.717) is 4.80 Å². The highest BCUT2D eigenvalue weighted by molar-refractivity contribution is 7.88. The van der Waals surface area contributed by atoms with Gasteiger partial charge >= 0.3 is 0 Å². The summed E-state index contributed by atoms with van der Waals surface area (Å²) in [7, 11) is 0.846. The molecule has 9 heteroatoms. The second-order valence-electron chi connectivity index (χ2n) is 4.54. The van der Waals surface area contributed by atoms with Crippen LogP contribution in [0.4, 0.5) is 0 Å². The average Bonchev–Trinajstić information content (AvgIpc) is 2.96. The fourth-order valence-electron chi connectivity index (χ4n) is 1.56. The predicted octanol–water partition coefficient (Wildman–Crippen LogP) is 0.979. The third-order valence-corrected chi connectivity index (χ3v) is 5.34. The Kier molecular flexibility index (Phi) is 4.17. The number of aromatic nitrogens is 1. The minimum absolute atomic E-state index is 0.142. The largest absolute Gasteiger partial charge is 0.448 e. The van der Waals surface area contributed by atoms with Gasteiger partial charge in [0.2, 0.25) is 5.09 Å². The van der Waals surface area contributed by atoms with Crippen molar-refractivity contribution in [3.63, 3.8) is 0 Å². The fraction of sp³-hybridized carbons (Fsp3) is 0.333. The van der Waals surface area contributed by atoms with Crippen molar-refractivity contribution in [1.29, 1.82) is 0 Å². The van der Waals surface area contributed by atoms with Crippen molar-refractivity contribution in [3.05, 3.63) is 33.8 Å². The molecule has 0 spiro atoms. The van der Waals surface area contributed by atoms with Crippen molar-refractivity contribution in [3.8, 4) is 0 Å². The minimum atomic E-state index is -3.71. The van der Waals surface area contributed by atoms with E-state index in [2.05, 4.69) is 4.99 Å². The topological polar surface area (TPSA) is 84.9 Å². The molecule has 0 bridgehead atoms. The Morgan fingerprint density at radius 3 is 2.62 bits per heavy atom. The molecule has 0 fully saturated rings. The van der Waals surface area contributed by atoms with Crippen LogP contribution >= 0.6 is 11.3 Å². The second kappa shape index (κ2) is 5.58. The smallest absolute Gasteiger partial charge is 0.283 e. The molecule has 2 rings (SSSR count). The molecule has 114 valence electrons. The van der Waals surface area contributed by atoms with Gasteiger partial charge in [-0.25, -0.2) is 12.7 Å². The maximum absolute atomic E-state index is 12.2. The molecule has 0 aliphatic rings. The third-order valence-electron chi connectivity index (χ3n) is 2.82. The van der Waals surface area contributed by atoms with Crippen molar-refractivity contribution in [1.82, 2.24) is 8.87 Å². The van der Waals surface area contributed by atoms with Crippen molar-refractivity contribution in [2.45, 2.75) is 12.0 Å². The number of aryl methyl sites for hydroxylation is 2. The Balaban J connectivity index is 2.46. The van der Waals surface area contributed by atoms with Crippen LogP contribution in [0.2, 0.25) is 0 Å². The first-order valence-corrected chi connectivity index (χ1v) is 8.27. The van der Waals surface area contributed by atoms with Crippen molar-refractivity contribution in [2.24, 2.45) is 12.0 Å². The quantitative estimate of drug-likeness (QED) is 0.840. The van der Waals surface area contributed by atoms with Gasteiger partial charge in [-0.05, 0) is 6.92 Å². The number of sulfonamides is 1. The van der Waals surface area contributed by atoms with Crippen LogP contribution in [0.15, 0.2) is 32.1 Å². The summed E-state index contributed by atoms with van der Waals surface area (Å²) in [6, 6.07) is 1.21. The van der Waals surface area contributed by atoms with Gasteiger partial charge in [-0.1, -0.05) is 0 Å². The molecular weight excluding hydrogens is 314 g/mol. The van der Waals surface area contributed by atoms with Gasteiger partial charge in [0.25, 0.3) is 15.9 Å². The molecule has 2 aromatic heterocycles. The lowest BCUT2D eigenvalue weighted by Crippen LogP contribution is -2.21. The molecule has 0 aromatic carbocycles. The molecule has 0 saturated carbocycles. The van der Waals surface area contributed by atoms with Crippen molar-refractivity contribution in [2.75, 3.05) is 14.1 Å². The van der Waals surface area contributed by atoms with Crippen LogP contribution < -0.4 is 4.80 Å². The van der Waals surface area contributed by atoms with E-state index in [0.717, 1.165) is 4.31 Å². The van der Waals surface area contributed by atoms with E-state index >= 15 is 0 Å². The van der Waals surface area contributed by atoms with Gasteiger partial charge in [-0.2, -0.15) is 4.99 Å². The summed E-state index contributed by atoms with van der Waals surface area (Å²) >= 11 is 1.31. The molecule has 2 aromatic rings. The molecule has 1 amide bonds. The zero-order valence-corrected chi connectivity index (χ0v) is 13.7. The van der Waals surface area contributed by atoms with Crippen LogP contribution in [0.3, 0.4) is 0 Å². The van der Waals surface area contributed by atoms with Crippen LogP contribution in [0, 0.1) is 6.92 Å². The van der Waals surface area contributed by atoms with Crippen LogP contribution in [0.1, 0.15) is 16.1 Å². The predicted molar refractivity (Wildman–Crippen MR) is 77.5 cm³/mol. The maximum Gasteiger partial charge on any atom is 0.283 e. The number of hydrogen-bond acceptors (Lipinski definition) is 5. The summed E-state index contributed by atoms with van der Waals surface area (Å²) in [5.74, 6) is -0.308. The lowest BCUT2D eigenvalue weighted by atomic mass is 10.2. The highest BCUT2D eigenvalue weighted by atomic mass is 32.2. The van der Waals surface area contributed by atoms with Gasteiger partial charge in [-0.3, -0.25) is 4.79 Å². The summed E-state index contributed by atoms with van der Waals surface area (Å²) in [5, 5.41) is 1.54. The highest BCUT2D eigenvalue weighted by Crippen LogP contribution is 2.21. The standard InChI is InChI=1S/C12H15N3O4S2/c1-8-9(7-10(19-8)21(17,18)14(2)3)11(16)13-12-15(4)5-6-20-12/h5-7H,1-4H3. The van der Waals surface area contributed by atoms with Gasteiger partial charge in [0, 0.05) is 38.8 Å². The molecule has 0 N–H and O–H groups in total. The summed E-state index contributed by atoms with van der Waals surface area (Å²) in [5.41, 5.74) is 0.142. The van der Waals surface area contributed by atoms with E-state index < -0.39 is 15.9 Å². The van der Waals surface area contributed by atoms with E-state index in [1.807, 2.05) is 0 Å². The Bertz CT molecular complexity index is 840. The first kappa shape index (κ1) is 15.7. The summed E-state index contributed by atoms with van der Waals surface area (Å²) in [6.45, 7) is 1.53. The lowest BCUT2D eigenvalue weighted by molar-refractivity contribution is 0.0996. The van der Waals surface area contributed by atoms with E-state index in [4.69, 9.17) is 4.42 Å². The van der Waals surface area contributed by atoms with Crippen molar-refractivity contribution >= 4 is 27.3 Å². The first-order chi connectivity index (χ1) is 9.73. The lowest BCUT2D eigenvalue weighted by Gasteiger charge is -2.07. The number of rotatable bonds is 3. The number of hydrogen-bond donors (Lipinski definition) is 0. The number of amides is 1. The second-order valence-corrected chi connectivity index (χ2v) is 7.49. The van der Waals surface area contributed by atoms with E-state index in [1.54, 1.807) is 23.2 Å². The Morgan fingerprint density at radius 2 is 2.10 bits per heavy atom. The zero-order chi connectivity index (χ0) is 15.8. The van der Waals surface area contributed by atoms with E-state index in [-0.39, 0.29) is 16.4 Å². The molecule has 0 aliphatic heterocycles. The number of thiazole rings is 1. The zero-order valence-electron chi connectivity index (χ0n) is 12.0. The SMILES string of the molecule is Cc1oc(S(=O)(=O)N(C)C)cc1C(=O)N=c1sccn1C. The van der Waals surface area contributed by atoms with E-state index in [9.17, 15) is 13.2 Å². The molecule has 0 radical (unpaired) electrons. The molecule has 2 heterocycles. The highest BCUT2D eigenvalue weighted by Gasteiger charge is 2.25. The monoisotopic (exact) mass is 329 g/mol. The summed E-state index contributed by atoms with van der Waals surface area (Å²) in [6.07, 6.45) is 1.78. The molecular formula is C12H15N3O4S2. The first-order valence-electron chi connectivity index (χ1n) is 5.95. The number of carbonyl (C=O) groups is 1. The Hall–Kier alpha value is -1.71. The van der Waals surface area contributed by atoms with Gasteiger partial charge < -0.3 is 8.98 Å². The van der Waals surface area contributed by atoms with Crippen LogP contribution in [0.25, 0.3) is 0 Å². The van der Waals surface area contributed by atoms with Crippen LogP contribution in [-0.4, -0.2) is 37.3 Å².